The van der Waals surface area contributed by atoms with E-state index < -0.39 is 9.73 Å². The first-order chi connectivity index (χ1) is 10.8. The van der Waals surface area contributed by atoms with Gasteiger partial charge in [0.25, 0.3) is 5.56 Å². The van der Waals surface area contributed by atoms with E-state index in [1.165, 1.54) is 4.57 Å². The number of aromatic nitrogens is 2. The Morgan fingerprint density at radius 3 is 2.70 bits per heavy atom. The van der Waals surface area contributed by atoms with Gasteiger partial charge in [0.15, 0.2) is 0 Å². The first-order valence-corrected chi connectivity index (χ1v) is 9.12. The Morgan fingerprint density at radius 1 is 1.26 bits per heavy atom. The van der Waals surface area contributed by atoms with Gasteiger partial charge < -0.3 is 9.55 Å². The Balaban J connectivity index is 2.36. The van der Waals surface area contributed by atoms with E-state index >= 15 is 0 Å². The molecule has 0 bridgehead atoms. The molecule has 0 aliphatic heterocycles. The summed E-state index contributed by atoms with van der Waals surface area (Å²) < 4.78 is 22.0. The summed E-state index contributed by atoms with van der Waals surface area (Å²) in [5, 5.41) is 0.835. The molecule has 120 valence electrons. The number of hydrogen-bond acceptors (Lipinski definition) is 3. The fourth-order valence-corrected chi connectivity index (χ4v) is 3.68. The summed E-state index contributed by atoms with van der Waals surface area (Å²) in [5.41, 5.74) is 3.28. The Hall–Kier alpha value is -2.34. The summed E-state index contributed by atoms with van der Waals surface area (Å²) in [6.45, 7) is 3.73. The lowest BCUT2D eigenvalue weighted by atomic mass is 9.99. The largest absolute Gasteiger partial charge is 0.357 e. The van der Waals surface area contributed by atoms with Crippen molar-refractivity contribution in [2.45, 2.75) is 18.7 Å². The zero-order valence-corrected chi connectivity index (χ0v) is 14.2. The Labute approximate surface area is 134 Å². The highest BCUT2D eigenvalue weighted by atomic mass is 32.2. The molecular formula is C17H19N3O2S. The fourth-order valence-electron chi connectivity index (χ4n) is 2.75. The van der Waals surface area contributed by atoms with Crippen LogP contribution in [0.4, 0.5) is 0 Å². The molecule has 3 rings (SSSR count). The third-order valence-electron chi connectivity index (χ3n) is 4.18. The monoisotopic (exact) mass is 329 g/mol. The van der Waals surface area contributed by atoms with Crippen LogP contribution in [0, 0.1) is 11.7 Å². The molecule has 5 nitrogen and oxygen atoms in total. The van der Waals surface area contributed by atoms with E-state index in [1.807, 2.05) is 25.1 Å². The van der Waals surface area contributed by atoms with Gasteiger partial charge in [0.2, 0.25) is 0 Å². The van der Waals surface area contributed by atoms with Gasteiger partial charge in [0.05, 0.1) is 9.73 Å². The molecule has 0 saturated heterocycles. The second-order valence-corrected chi connectivity index (χ2v) is 8.07. The molecule has 1 aromatic carbocycles. The van der Waals surface area contributed by atoms with Gasteiger partial charge in [0.1, 0.15) is 5.52 Å². The number of nitrogens with zero attached hydrogens (tertiary/aromatic N) is 1. The molecule has 0 spiro atoms. The highest BCUT2D eigenvalue weighted by Crippen LogP contribution is 2.31. The number of H-pyrrole nitrogens is 1. The van der Waals surface area contributed by atoms with Crippen molar-refractivity contribution in [3.8, 4) is 11.1 Å². The molecule has 2 N–H and O–H groups in total. The third kappa shape index (κ3) is 2.49. The van der Waals surface area contributed by atoms with Gasteiger partial charge in [-0.25, -0.2) is 8.99 Å². The molecule has 0 aliphatic rings. The highest BCUT2D eigenvalue weighted by molar-refractivity contribution is 7.92. The number of aromatic amines is 1. The van der Waals surface area contributed by atoms with Crippen molar-refractivity contribution >= 4 is 20.6 Å². The van der Waals surface area contributed by atoms with Crippen LogP contribution in [0.15, 0.2) is 46.3 Å². The van der Waals surface area contributed by atoms with Gasteiger partial charge in [-0.15, -0.1) is 0 Å². The highest BCUT2D eigenvalue weighted by Gasteiger charge is 2.15. The van der Waals surface area contributed by atoms with Crippen molar-refractivity contribution in [3.05, 3.63) is 52.6 Å². The maximum Gasteiger partial charge on any atom is 0.274 e. The van der Waals surface area contributed by atoms with Crippen molar-refractivity contribution in [1.82, 2.24) is 9.55 Å². The summed E-state index contributed by atoms with van der Waals surface area (Å²) in [5.74, 6) is 0.280. The van der Waals surface area contributed by atoms with Crippen LogP contribution in [0.5, 0.6) is 0 Å². The van der Waals surface area contributed by atoms with Crippen LogP contribution in [-0.4, -0.2) is 19.5 Å². The minimum absolute atomic E-state index is 0.0830. The Bertz CT molecular complexity index is 1060. The van der Waals surface area contributed by atoms with Crippen LogP contribution in [0.25, 0.3) is 22.0 Å². The van der Waals surface area contributed by atoms with Crippen molar-refractivity contribution in [2.24, 2.45) is 7.05 Å². The van der Waals surface area contributed by atoms with Crippen molar-refractivity contribution in [2.75, 3.05) is 5.75 Å². The van der Waals surface area contributed by atoms with Crippen LogP contribution in [0.3, 0.4) is 0 Å². The van der Waals surface area contributed by atoms with E-state index in [1.54, 1.807) is 32.4 Å². The molecule has 0 radical (unpaired) electrons. The summed E-state index contributed by atoms with van der Waals surface area (Å²) in [6.07, 6.45) is 3.54. The van der Waals surface area contributed by atoms with Crippen molar-refractivity contribution in [1.29, 1.82) is 4.78 Å². The SMILES string of the molecule is CCS(=N)(=O)c1ccc(C)c(-c2cn(C)c(=O)c3[nH]ccc23)c1. The number of nitrogens with one attached hydrogen (secondary N) is 2. The molecule has 2 heterocycles. The first-order valence-electron chi connectivity index (χ1n) is 7.39. The van der Waals surface area contributed by atoms with Gasteiger partial charge >= 0.3 is 0 Å². The van der Waals surface area contributed by atoms with Crippen LogP contribution in [0.2, 0.25) is 0 Å². The summed E-state index contributed by atoms with van der Waals surface area (Å²) in [6, 6.07) is 7.34. The Morgan fingerprint density at radius 2 is 2.00 bits per heavy atom. The van der Waals surface area contributed by atoms with E-state index in [9.17, 15) is 9.00 Å². The normalized spacial score (nSPS) is 14.0. The number of aryl methyl sites for hydroxylation is 2. The van der Waals surface area contributed by atoms with Gasteiger partial charge in [-0.05, 0) is 36.2 Å². The minimum atomic E-state index is -2.78. The average molecular weight is 329 g/mol. The first kappa shape index (κ1) is 15.6. The molecule has 0 amide bonds. The van der Waals surface area contributed by atoms with E-state index in [4.69, 9.17) is 4.78 Å². The quantitative estimate of drug-likeness (QED) is 0.773. The van der Waals surface area contributed by atoms with Crippen LogP contribution < -0.4 is 5.56 Å². The van der Waals surface area contributed by atoms with E-state index in [0.717, 1.165) is 22.1 Å². The second-order valence-electron chi connectivity index (χ2n) is 5.67. The van der Waals surface area contributed by atoms with Gasteiger partial charge in [-0.3, -0.25) is 4.79 Å². The second kappa shape index (κ2) is 5.38. The Kier molecular flexibility index (Phi) is 3.64. The maximum absolute atomic E-state index is 12.4. The molecule has 3 aromatic rings. The molecule has 0 fully saturated rings. The molecule has 1 atom stereocenters. The standard InChI is InChI=1S/C17H19N3O2S/c1-4-23(18,22)12-6-5-11(2)14(9-12)15-10-20(3)17(21)16-13(15)7-8-19-16/h5-10,18-19H,4H2,1-3H3. The van der Waals surface area contributed by atoms with E-state index in [0.29, 0.717) is 10.4 Å². The smallest absolute Gasteiger partial charge is 0.274 e. The lowest BCUT2D eigenvalue weighted by molar-refractivity contribution is 0.675. The maximum atomic E-state index is 12.4. The van der Waals surface area contributed by atoms with Gasteiger partial charge in [0, 0.05) is 41.0 Å². The third-order valence-corrected chi connectivity index (χ3v) is 6.01. The number of rotatable bonds is 3. The van der Waals surface area contributed by atoms with Gasteiger partial charge in [-0.2, -0.15) is 0 Å². The molecule has 6 heteroatoms. The molecule has 1 unspecified atom stereocenters. The molecule has 2 aromatic heterocycles. The summed E-state index contributed by atoms with van der Waals surface area (Å²) >= 11 is 0. The molecule has 23 heavy (non-hydrogen) atoms. The molecular weight excluding hydrogens is 310 g/mol. The topological polar surface area (TPSA) is 78.7 Å². The molecule has 0 aliphatic carbocycles. The van der Waals surface area contributed by atoms with E-state index in [2.05, 4.69) is 4.98 Å². The lowest BCUT2D eigenvalue weighted by Crippen LogP contribution is -2.16. The summed E-state index contributed by atoms with van der Waals surface area (Å²) in [7, 11) is -1.07. The van der Waals surface area contributed by atoms with Crippen LogP contribution >= 0.6 is 0 Å². The fraction of sp³-hybridized carbons (Fsp3) is 0.235. The van der Waals surface area contributed by atoms with Crippen LogP contribution in [-0.2, 0) is 16.8 Å². The predicted molar refractivity (Wildman–Crippen MR) is 93.4 cm³/mol. The van der Waals surface area contributed by atoms with Crippen molar-refractivity contribution < 1.29 is 4.21 Å². The summed E-state index contributed by atoms with van der Waals surface area (Å²) in [4.78, 5) is 15.7. The number of benzene rings is 1. The minimum Gasteiger partial charge on any atom is -0.357 e. The average Bonchev–Trinajstić information content (AvgIpc) is 3.01. The lowest BCUT2D eigenvalue weighted by Gasteiger charge is -2.13. The van der Waals surface area contributed by atoms with Crippen molar-refractivity contribution in [3.63, 3.8) is 0 Å². The van der Waals surface area contributed by atoms with Gasteiger partial charge in [-0.1, -0.05) is 13.0 Å². The zero-order valence-electron chi connectivity index (χ0n) is 13.3. The number of hydrogen-bond donors (Lipinski definition) is 2. The van der Waals surface area contributed by atoms with E-state index in [-0.39, 0.29) is 11.3 Å². The zero-order chi connectivity index (χ0) is 16.8. The number of pyridine rings is 1. The predicted octanol–water partition coefficient (Wildman–Crippen LogP) is 3.27. The van der Waals surface area contributed by atoms with Crippen LogP contribution in [0.1, 0.15) is 12.5 Å². The number of fused-ring (bicyclic) bond motifs is 1. The molecule has 0 saturated carbocycles.